The number of benzene rings is 1. The van der Waals surface area contributed by atoms with Crippen LogP contribution in [0.4, 0.5) is 5.69 Å². The highest BCUT2D eigenvalue weighted by Gasteiger charge is 2.23. The zero-order chi connectivity index (χ0) is 16.3. The number of carbonyl (C=O) groups excluding carboxylic acids is 2. The van der Waals surface area contributed by atoms with Crippen molar-refractivity contribution < 1.29 is 9.59 Å². The first-order valence-corrected chi connectivity index (χ1v) is 6.98. The summed E-state index contributed by atoms with van der Waals surface area (Å²) in [5, 5.41) is 5.57. The maximum atomic E-state index is 12.2. The molecule has 0 fully saturated rings. The smallest absolute Gasteiger partial charge is 0.253 e. The maximum Gasteiger partial charge on any atom is 0.253 e. The molecule has 0 saturated heterocycles. The molecule has 0 heterocycles. The molecule has 116 valence electrons. The van der Waals surface area contributed by atoms with Crippen molar-refractivity contribution in [2.45, 2.75) is 40.2 Å². The van der Waals surface area contributed by atoms with E-state index in [0.717, 1.165) is 0 Å². The number of nitrogens with one attached hydrogen (secondary N) is 2. The third-order valence-electron chi connectivity index (χ3n) is 2.81. The predicted octanol–water partition coefficient (Wildman–Crippen LogP) is 2.14. The highest BCUT2D eigenvalue weighted by molar-refractivity contribution is 6.04. The van der Waals surface area contributed by atoms with Crippen molar-refractivity contribution in [1.82, 2.24) is 5.32 Å². The van der Waals surface area contributed by atoms with Crippen molar-refractivity contribution in [3.63, 3.8) is 0 Å². The van der Waals surface area contributed by atoms with E-state index < -0.39 is 11.0 Å². The van der Waals surface area contributed by atoms with Crippen LogP contribution in [0.1, 0.15) is 45.0 Å². The number of hydrogen-bond acceptors (Lipinski definition) is 3. The molecule has 0 aliphatic rings. The number of anilines is 1. The van der Waals surface area contributed by atoms with Gasteiger partial charge in [-0.05, 0) is 26.0 Å². The van der Waals surface area contributed by atoms with Gasteiger partial charge < -0.3 is 16.4 Å². The molecule has 1 aromatic carbocycles. The molecule has 1 rings (SSSR count). The molecule has 5 nitrogen and oxygen atoms in total. The summed E-state index contributed by atoms with van der Waals surface area (Å²) in [5.74, 6) is -0.389. The highest BCUT2D eigenvalue weighted by Crippen LogP contribution is 2.20. The summed E-state index contributed by atoms with van der Waals surface area (Å²) in [6.07, 6.45) is 0. The topological polar surface area (TPSA) is 84.2 Å². The lowest BCUT2D eigenvalue weighted by Gasteiger charge is -2.21. The normalized spacial score (nSPS) is 11.9. The molecule has 0 aromatic heterocycles. The van der Waals surface area contributed by atoms with Crippen LogP contribution >= 0.6 is 0 Å². The van der Waals surface area contributed by atoms with Gasteiger partial charge in [-0.3, -0.25) is 9.59 Å². The summed E-state index contributed by atoms with van der Waals surface area (Å²) in [6, 6.07) is 6.93. The van der Waals surface area contributed by atoms with Crippen LogP contribution in [0.3, 0.4) is 0 Å². The third kappa shape index (κ3) is 5.55. The van der Waals surface area contributed by atoms with E-state index in [1.165, 1.54) is 0 Å². The van der Waals surface area contributed by atoms with Gasteiger partial charge in [0.25, 0.3) is 5.91 Å². The summed E-state index contributed by atoms with van der Waals surface area (Å²) in [7, 11) is 0. The third-order valence-corrected chi connectivity index (χ3v) is 2.81. The lowest BCUT2D eigenvalue weighted by molar-refractivity contribution is -0.123. The van der Waals surface area contributed by atoms with E-state index >= 15 is 0 Å². The van der Waals surface area contributed by atoms with Crippen LogP contribution in [0.15, 0.2) is 24.3 Å². The fourth-order valence-electron chi connectivity index (χ4n) is 1.50. The molecule has 0 aliphatic carbocycles. The molecular formula is C16H25N3O2. The number of para-hydroxylation sites is 1. The summed E-state index contributed by atoms with van der Waals surface area (Å²) in [6.45, 7) is 9.49. The zero-order valence-corrected chi connectivity index (χ0v) is 13.4. The number of hydrogen-bond donors (Lipinski definition) is 3. The Kier molecular flexibility index (Phi) is 5.12. The van der Waals surface area contributed by atoms with Crippen LogP contribution in [0, 0.1) is 5.41 Å². The second kappa shape index (κ2) is 6.26. The molecule has 21 heavy (non-hydrogen) atoms. The lowest BCUT2D eigenvalue weighted by atomic mass is 9.95. The molecule has 0 spiro atoms. The van der Waals surface area contributed by atoms with Gasteiger partial charge in [0.2, 0.25) is 5.91 Å². The molecule has 1 aromatic rings. The lowest BCUT2D eigenvalue weighted by Crippen LogP contribution is -2.45. The molecule has 2 amide bonds. The van der Waals surface area contributed by atoms with Crippen LogP contribution in [0.25, 0.3) is 0 Å². The molecule has 5 heteroatoms. The number of nitrogens with two attached hydrogens (primary N) is 1. The van der Waals surface area contributed by atoms with Crippen molar-refractivity contribution in [2.24, 2.45) is 11.1 Å². The quantitative estimate of drug-likeness (QED) is 0.794. The minimum Gasteiger partial charge on any atom is -0.350 e. The van der Waals surface area contributed by atoms with Crippen LogP contribution in [0.2, 0.25) is 0 Å². The van der Waals surface area contributed by atoms with Gasteiger partial charge in [0.1, 0.15) is 0 Å². The molecule has 0 saturated carbocycles. The van der Waals surface area contributed by atoms with E-state index in [0.29, 0.717) is 17.8 Å². The Morgan fingerprint density at radius 1 is 1.10 bits per heavy atom. The van der Waals surface area contributed by atoms with E-state index in [2.05, 4.69) is 10.6 Å². The average Bonchev–Trinajstić information content (AvgIpc) is 2.34. The largest absolute Gasteiger partial charge is 0.350 e. The van der Waals surface area contributed by atoms with E-state index in [4.69, 9.17) is 5.73 Å². The van der Waals surface area contributed by atoms with Gasteiger partial charge in [-0.25, -0.2) is 0 Å². The Labute approximate surface area is 126 Å². The Hall–Kier alpha value is -1.88. The Balaban J connectivity index is 2.89. The first-order chi connectivity index (χ1) is 9.50. The molecule has 4 N–H and O–H groups in total. The minimum atomic E-state index is -0.525. The fourth-order valence-corrected chi connectivity index (χ4v) is 1.50. The summed E-state index contributed by atoms with van der Waals surface area (Å²) >= 11 is 0. The van der Waals surface area contributed by atoms with Crippen LogP contribution in [-0.2, 0) is 4.79 Å². The van der Waals surface area contributed by atoms with E-state index in [1.54, 1.807) is 24.3 Å². The van der Waals surface area contributed by atoms with Gasteiger partial charge in [0.15, 0.2) is 0 Å². The van der Waals surface area contributed by atoms with Crippen LogP contribution < -0.4 is 16.4 Å². The zero-order valence-electron chi connectivity index (χ0n) is 13.4. The summed E-state index contributed by atoms with van der Waals surface area (Å²) in [4.78, 5) is 24.3. The Bertz CT molecular complexity index is 525. The van der Waals surface area contributed by atoms with Crippen LogP contribution in [0.5, 0.6) is 0 Å². The van der Waals surface area contributed by atoms with Crippen molar-refractivity contribution in [3.8, 4) is 0 Å². The fraction of sp³-hybridized carbons (Fsp3) is 0.500. The molecule has 0 aliphatic heterocycles. The van der Waals surface area contributed by atoms with Crippen molar-refractivity contribution >= 4 is 17.5 Å². The van der Waals surface area contributed by atoms with Crippen molar-refractivity contribution in [3.05, 3.63) is 29.8 Å². The van der Waals surface area contributed by atoms with Gasteiger partial charge in [-0.15, -0.1) is 0 Å². The van der Waals surface area contributed by atoms with Crippen molar-refractivity contribution in [2.75, 3.05) is 11.9 Å². The second-order valence-electron chi connectivity index (χ2n) is 6.92. The molecule has 0 atom stereocenters. The van der Waals surface area contributed by atoms with Crippen LogP contribution in [-0.4, -0.2) is 23.9 Å². The second-order valence-corrected chi connectivity index (χ2v) is 6.92. The number of amides is 2. The molecule has 0 bridgehead atoms. The molecule has 0 radical (unpaired) electrons. The first-order valence-electron chi connectivity index (χ1n) is 6.98. The average molecular weight is 291 g/mol. The number of carbonyl (C=O) groups is 2. The maximum absolute atomic E-state index is 12.2. The summed E-state index contributed by atoms with van der Waals surface area (Å²) in [5.41, 5.74) is 5.78. The molecule has 0 unspecified atom stereocenters. The standard InChI is InChI=1S/C16H25N3O2/c1-15(2,3)14(21)19-12-9-7-6-8-11(12)13(20)18-10-16(4,5)17/h6-9H,10,17H2,1-5H3,(H,18,20)(H,19,21). The van der Waals surface area contributed by atoms with Gasteiger partial charge in [-0.1, -0.05) is 32.9 Å². The Morgan fingerprint density at radius 3 is 2.19 bits per heavy atom. The van der Waals surface area contributed by atoms with Gasteiger partial charge >= 0.3 is 0 Å². The highest BCUT2D eigenvalue weighted by atomic mass is 16.2. The molecular weight excluding hydrogens is 266 g/mol. The predicted molar refractivity (Wildman–Crippen MR) is 85.1 cm³/mol. The van der Waals surface area contributed by atoms with Gasteiger partial charge in [-0.2, -0.15) is 0 Å². The van der Waals surface area contributed by atoms with Gasteiger partial charge in [0, 0.05) is 17.5 Å². The first kappa shape index (κ1) is 17.2. The van der Waals surface area contributed by atoms with Gasteiger partial charge in [0.05, 0.1) is 11.3 Å². The Morgan fingerprint density at radius 2 is 1.67 bits per heavy atom. The van der Waals surface area contributed by atoms with E-state index in [-0.39, 0.29) is 11.8 Å². The van der Waals surface area contributed by atoms with E-state index in [9.17, 15) is 9.59 Å². The SMILES string of the molecule is CC(C)(N)CNC(=O)c1ccccc1NC(=O)C(C)(C)C. The summed E-state index contributed by atoms with van der Waals surface area (Å²) < 4.78 is 0. The number of rotatable bonds is 4. The minimum absolute atomic E-state index is 0.137. The monoisotopic (exact) mass is 291 g/mol. The van der Waals surface area contributed by atoms with E-state index in [1.807, 2.05) is 34.6 Å². The van der Waals surface area contributed by atoms with Crippen molar-refractivity contribution in [1.29, 1.82) is 0 Å².